The molecule has 0 radical (unpaired) electrons. The van der Waals surface area contributed by atoms with E-state index in [-0.39, 0.29) is 33.9 Å². The first kappa shape index (κ1) is 16.3. The largest absolute Gasteiger partial charge is 4.00 e. The Morgan fingerprint density at radius 2 is 0.778 bits per heavy atom. The average Bonchev–Trinajstić information content (AvgIpc) is 1.25. The predicted octanol–water partition coefficient (Wildman–Crippen LogP) is 0.772. The van der Waals surface area contributed by atoms with Gasteiger partial charge in [0.15, 0.2) is 0 Å². The minimum absolute atomic E-state index is 0. The van der Waals surface area contributed by atoms with Crippen LogP contribution >= 0.6 is 0 Å². The molecule has 0 aromatic carbocycles. The second kappa shape index (κ2) is 11.4. The number of aliphatic hydroxyl groups is 2. The minimum Gasteiger partial charge on any atom is -0.394 e. The van der Waals surface area contributed by atoms with Crippen molar-refractivity contribution < 1.29 is 31.9 Å². The molecular formula is C6H16O2Ti+4. The quantitative estimate of drug-likeness (QED) is 0.524. The molecule has 0 unspecified atom stereocenters. The van der Waals surface area contributed by atoms with E-state index in [4.69, 9.17) is 10.2 Å². The van der Waals surface area contributed by atoms with Gasteiger partial charge in [-0.25, -0.2) is 0 Å². The molecule has 0 saturated carbocycles. The second-order valence-electron chi connectivity index (χ2n) is 2.19. The molecule has 0 atom stereocenters. The summed E-state index contributed by atoms with van der Waals surface area (Å²) in [5.41, 5.74) is 0. The molecule has 0 aliphatic heterocycles. The van der Waals surface area contributed by atoms with Gasteiger partial charge in [0.05, 0.1) is 0 Å². The zero-order valence-corrected chi connectivity index (χ0v) is 8.11. The number of hydrogen-bond donors (Lipinski definition) is 2. The van der Waals surface area contributed by atoms with Gasteiger partial charge in [-0.2, -0.15) is 0 Å². The molecule has 52 valence electrons. The molecule has 0 heterocycles. The Labute approximate surface area is 72.2 Å². The van der Waals surface area contributed by atoms with Crippen molar-refractivity contribution in [1.29, 1.82) is 0 Å². The maximum atomic E-state index is 8.06. The molecule has 0 bridgehead atoms. The Kier molecular flexibility index (Phi) is 20.7. The van der Waals surface area contributed by atoms with E-state index in [2.05, 4.69) is 0 Å². The van der Waals surface area contributed by atoms with Gasteiger partial charge in [-0.15, -0.1) is 0 Å². The van der Waals surface area contributed by atoms with Gasteiger partial charge >= 0.3 is 21.7 Å². The van der Waals surface area contributed by atoms with Crippen molar-refractivity contribution in [3.05, 3.63) is 0 Å². The molecule has 0 saturated heterocycles. The van der Waals surface area contributed by atoms with E-state index in [9.17, 15) is 0 Å². The van der Waals surface area contributed by atoms with Crippen LogP contribution in [0.5, 0.6) is 0 Å². The standard InChI is InChI=1S/2C3H8O.Ti/c2*1-3(2)4;/h2*3-4H,1-2H3;/q;;+4. The monoisotopic (exact) mass is 168 g/mol. The van der Waals surface area contributed by atoms with Gasteiger partial charge in [0.25, 0.3) is 0 Å². The van der Waals surface area contributed by atoms with Crippen molar-refractivity contribution in [3.63, 3.8) is 0 Å². The van der Waals surface area contributed by atoms with Crippen LogP contribution in [0.2, 0.25) is 0 Å². The first-order chi connectivity index (χ1) is 3.46. The average molecular weight is 168 g/mol. The first-order valence-electron chi connectivity index (χ1n) is 2.83. The Morgan fingerprint density at radius 1 is 0.778 bits per heavy atom. The van der Waals surface area contributed by atoms with Gasteiger partial charge in [0.2, 0.25) is 0 Å². The van der Waals surface area contributed by atoms with E-state index in [1.807, 2.05) is 0 Å². The van der Waals surface area contributed by atoms with Crippen LogP contribution in [0.4, 0.5) is 0 Å². The van der Waals surface area contributed by atoms with E-state index >= 15 is 0 Å². The summed E-state index contributed by atoms with van der Waals surface area (Å²) in [4.78, 5) is 0. The second-order valence-corrected chi connectivity index (χ2v) is 2.19. The summed E-state index contributed by atoms with van der Waals surface area (Å²) in [6.45, 7) is 6.89. The van der Waals surface area contributed by atoms with Crippen molar-refractivity contribution in [2.24, 2.45) is 0 Å². The number of rotatable bonds is 0. The molecule has 2 nitrogen and oxygen atoms in total. The summed E-state index contributed by atoms with van der Waals surface area (Å²) in [6, 6.07) is 0. The zero-order valence-electron chi connectivity index (χ0n) is 6.55. The fraction of sp³-hybridized carbons (Fsp3) is 1.00. The first-order valence-corrected chi connectivity index (χ1v) is 2.83. The van der Waals surface area contributed by atoms with Gasteiger partial charge in [0.1, 0.15) is 0 Å². The van der Waals surface area contributed by atoms with Gasteiger partial charge in [-0.1, -0.05) is 0 Å². The van der Waals surface area contributed by atoms with Crippen LogP contribution < -0.4 is 0 Å². The minimum atomic E-state index is -0.167. The molecule has 0 aliphatic carbocycles. The van der Waals surface area contributed by atoms with E-state index in [0.29, 0.717) is 0 Å². The summed E-state index contributed by atoms with van der Waals surface area (Å²) in [6.07, 6.45) is -0.333. The molecule has 0 amide bonds. The molecule has 0 spiro atoms. The Balaban J connectivity index is -0.0000000720. The summed E-state index contributed by atoms with van der Waals surface area (Å²) >= 11 is 0. The van der Waals surface area contributed by atoms with Crippen LogP contribution in [0, 0.1) is 0 Å². The van der Waals surface area contributed by atoms with Crippen LogP contribution in [-0.4, -0.2) is 22.4 Å². The third kappa shape index (κ3) is 945. The van der Waals surface area contributed by atoms with E-state index in [0.717, 1.165) is 0 Å². The zero-order chi connectivity index (χ0) is 7.15. The Morgan fingerprint density at radius 3 is 0.778 bits per heavy atom. The van der Waals surface area contributed by atoms with Gasteiger partial charge < -0.3 is 10.2 Å². The molecule has 0 fully saturated rings. The molecule has 0 rings (SSSR count). The summed E-state index contributed by atoms with van der Waals surface area (Å²) in [5.74, 6) is 0. The molecule has 0 aliphatic rings. The van der Waals surface area contributed by atoms with Crippen molar-refractivity contribution >= 4 is 0 Å². The third-order valence-corrected chi connectivity index (χ3v) is 0. The van der Waals surface area contributed by atoms with Crippen LogP contribution in [0.15, 0.2) is 0 Å². The predicted molar refractivity (Wildman–Crippen MR) is 34.7 cm³/mol. The Hall–Kier alpha value is 0.634. The van der Waals surface area contributed by atoms with E-state index < -0.39 is 0 Å². The van der Waals surface area contributed by atoms with E-state index in [1.165, 1.54) is 0 Å². The maximum absolute atomic E-state index is 8.06. The van der Waals surface area contributed by atoms with Crippen molar-refractivity contribution in [3.8, 4) is 0 Å². The third-order valence-electron chi connectivity index (χ3n) is 0. The maximum Gasteiger partial charge on any atom is 4.00 e. The smallest absolute Gasteiger partial charge is 0.394 e. The fourth-order valence-electron chi connectivity index (χ4n) is 0. The van der Waals surface area contributed by atoms with Crippen molar-refractivity contribution in [2.45, 2.75) is 39.9 Å². The fourth-order valence-corrected chi connectivity index (χ4v) is 0. The van der Waals surface area contributed by atoms with E-state index in [1.54, 1.807) is 27.7 Å². The van der Waals surface area contributed by atoms with Crippen molar-refractivity contribution in [1.82, 2.24) is 0 Å². The topological polar surface area (TPSA) is 40.5 Å². The van der Waals surface area contributed by atoms with Gasteiger partial charge in [-0.3, -0.25) is 0 Å². The molecule has 9 heavy (non-hydrogen) atoms. The normalized spacial score (nSPS) is 8.00. The van der Waals surface area contributed by atoms with Gasteiger partial charge in [-0.05, 0) is 27.7 Å². The number of hydrogen-bond acceptors (Lipinski definition) is 2. The molecule has 0 aromatic rings. The van der Waals surface area contributed by atoms with Crippen LogP contribution in [0.25, 0.3) is 0 Å². The SMILES string of the molecule is CC(C)O.CC(C)O.[Ti+4]. The van der Waals surface area contributed by atoms with Crippen LogP contribution in [0.3, 0.4) is 0 Å². The Bertz CT molecular complexity index is 26.5. The summed E-state index contributed by atoms with van der Waals surface area (Å²) in [7, 11) is 0. The summed E-state index contributed by atoms with van der Waals surface area (Å²) < 4.78 is 0. The van der Waals surface area contributed by atoms with Crippen LogP contribution in [0.1, 0.15) is 27.7 Å². The summed E-state index contributed by atoms with van der Waals surface area (Å²) in [5, 5.41) is 16.1. The number of aliphatic hydroxyl groups excluding tert-OH is 2. The van der Waals surface area contributed by atoms with Crippen molar-refractivity contribution in [2.75, 3.05) is 0 Å². The van der Waals surface area contributed by atoms with Crippen LogP contribution in [-0.2, 0) is 21.7 Å². The molecule has 0 aromatic heterocycles. The molecular weight excluding hydrogens is 152 g/mol. The molecule has 2 N–H and O–H groups in total. The van der Waals surface area contributed by atoms with Gasteiger partial charge in [0, 0.05) is 12.2 Å². The molecule has 3 heteroatoms.